The Morgan fingerprint density at radius 2 is 1.08 bits per heavy atom. The molecule has 226 valence electrons. The lowest BCUT2D eigenvalue weighted by atomic mass is 10.2. The van der Waals surface area contributed by atoms with Gasteiger partial charge in [-0.1, -0.05) is 53.5 Å². The van der Waals surface area contributed by atoms with Gasteiger partial charge in [-0.05, 0) is 40.0 Å². The Hall–Kier alpha value is -3.25. The van der Waals surface area contributed by atoms with Crippen LogP contribution in [0.5, 0.6) is 0 Å². The van der Waals surface area contributed by atoms with Crippen LogP contribution in [0, 0.1) is 5.92 Å². The minimum Gasteiger partial charge on any atom is -0.466 e. The van der Waals surface area contributed by atoms with Gasteiger partial charge in [0, 0.05) is 22.3 Å². The Kier molecular flexibility index (Phi) is 27.5. The lowest BCUT2D eigenvalue weighted by Crippen LogP contribution is -2.14. The van der Waals surface area contributed by atoms with Gasteiger partial charge in [-0.2, -0.15) is 8.42 Å². The maximum absolute atomic E-state index is 10.7. The molecule has 0 atom stereocenters. The largest absolute Gasteiger partial charge is 0.466 e. The quantitative estimate of drug-likeness (QED) is 0.115. The van der Waals surface area contributed by atoms with Gasteiger partial charge >= 0.3 is 23.9 Å². The smallest absolute Gasteiger partial charge is 0.333 e. The van der Waals surface area contributed by atoms with Crippen molar-refractivity contribution >= 4 is 34.0 Å². The molecular weight excluding hydrogens is 532 g/mol. The van der Waals surface area contributed by atoms with E-state index in [4.69, 9.17) is 14.0 Å². The van der Waals surface area contributed by atoms with Gasteiger partial charge in [0.2, 0.25) is 0 Å². The Labute approximate surface area is 233 Å². The average molecular weight is 579 g/mol. The van der Waals surface area contributed by atoms with E-state index in [0.29, 0.717) is 35.9 Å². The van der Waals surface area contributed by atoms with Gasteiger partial charge in [-0.3, -0.25) is 4.55 Å². The van der Waals surface area contributed by atoms with Gasteiger partial charge in [-0.25, -0.2) is 19.2 Å². The Morgan fingerprint density at radius 1 is 0.718 bits per heavy atom. The first-order chi connectivity index (χ1) is 17.7. The fourth-order valence-electron chi connectivity index (χ4n) is 1.34. The highest BCUT2D eigenvalue weighted by Crippen LogP contribution is 1.97. The highest BCUT2D eigenvalue weighted by atomic mass is 32.2. The van der Waals surface area contributed by atoms with Crippen molar-refractivity contribution in [1.29, 1.82) is 0 Å². The second-order valence-electron chi connectivity index (χ2n) is 8.52. The van der Waals surface area contributed by atoms with E-state index in [1.807, 2.05) is 13.8 Å². The minimum absolute atomic E-state index is 0.185. The zero-order chi connectivity index (χ0) is 31.8. The first kappa shape index (κ1) is 42.8. The summed E-state index contributed by atoms with van der Waals surface area (Å²) in [4.78, 5) is 42.2. The van der Waals surface area contributed by atoms with Gasteiger partial charge in [0.15, 0.2) is 0 Å². The average Bonchev–Trinajstić information content (AvgIpc) is 2.81. The van der Waals surface area contributed by atoms with E-state index in [-0.39, 0.29) is 30.1 Å². The van der Waals surface area contributed by atoms with Crippen molar-refractivity contribution in [2.45, 2.75) is 61.3 Å². The van der Waals surface area contributed by atoms with Crippen molar-refractivity contribution in [3.05, 3.63) is 48.6 Å². The van der Waals surface area contributed by atoms with Crippen LogP contribution >= 0.6 is 0 Å². The molecule has 11 nitrogen and oxygen atoms in total. The molecule has 0 aromatic heterocycles. The van der Waals surface area contributed by atoms with Crippen LogP contribution in [0.2, 0.25) is 0 Å². The van der Waals surface area contributed by atoms with E-state index in [2.05, 4.69) is 42.7 Å². The van der Waals surface area contributed by atoms with Gasteiger partial charge in [0.25, 0.3) is 10.1 Å². The van der Waals surface area contributed by atoms with Crippen LogP contribution in [0.4, 0.5) is 0 Å². The number of esters is 4. The standard InChI is InChI=1S/2C8H14O2.C6H10O5S.C5H8O2/c1-6(2)5-10-8(9)7(3)4;1-4-5-6-10-8(9)7(2)3;1-5(2)6(7)11-3-4-12(8,9)10;1-4(2)5(6)7-3/h6H,3,5H2,1-2,4H3;2,4-6H2,1,3H3;1,3-4H2,2H3,(H,8,9,10);1H2,2-3H3. The summed E-state index contributed by atoms with van der Waals surface area (Å²) in [5.41, 5.74) is 1.55. The lowest BCUT2D eigenvalue weighted by molar-refractivity contribution is -0.140. The molecule has 0 bridgehead atoms. The molecule has 39 heavy (non-hydrogen) atoms. The molecule has 0 spiro atoms. The van der Waals surface area contributed by atoms with Crippen LogP contribution in [0.1, 0.15) is 61.3 Å². The normalized spacial score (nSPS) is 9.49. The SMILES string of the molecule is C=C(C)C(=O)OC.C=C(C)C(=O)OCC(C)C.C=C(C)C(=O)OCCCC.C=C(C)C(=O)OCCS(=O)(=O)O. The molecule has 0 unspecified atom stereocenters. The summed E-state index contributed by atoms with van der Waals surface area (Å²) in [6.07, 6.45) is 1.97. The molecule has 0 amide bonds. The molecule has 0 aromatic rings. The predicted octanol–water partition coefficient (Wildman–Crippen LogP) is 4.40. The van der Waals surface area contributed by atoms with Crippen molar-refractivity contribution in [3.63, 3.8) is 0 Å². The number of carbonyl (C=O) groups excluding carboxylic acids is 4. The summed E-state index contributed by atoms with van der Waals surface area (Å²) in [6.45, 7) is 26.6. The zero-order valence-electron chi connectivity index (χ0n) is 24.6. The number of carbonyl (C=O) groups is 4. The van der Waals surface area contributed by atoms with E-state index >= 15 is 0 Å². The molecule has 0 radical (unpaired) electrons. The molecule has 0 aromatic carbocycles. The van der Waals surface area contributed by atoms with E-state index in [1.165, 1.54) is 14.0 Å². The van der Waals surface area contributed by atoms with E-state index in [0.717, 1.165) is 12.8 Å². The molecule has 0 saturated carbocycles. The molecule has 0 saturated heterocycles. The summed E-state index contributed by atoms with van der Waals surface area (Å²) >= 11 is 0. The monoisotopic (exact) mass is 578 g/mol. The van der Waals surface area contributed by atoms with Crippen LogP contribution in [-0.2, 0) is 48.2 Å². The third-order valence-corrected chi connectivity index (χ3v) is 4.12. The summed E-state index contributed by atoms with van der Waals surface area (Å²) in [5, 5.41) is 0. The van der Waals surface area contributed by atoms with Crippen LogP contribution in [-0.4, -0.2) is 69.5 Å². The molecule has 0 fully saturated rings. The van der Waals surface area contributed by atoms with Gasteiger partial charge in [-0.15, -0.1) is 0 Å². The highest BCUT2D eigenvalue weighted by Gasteiger charge is 2.08. The van der Waals surface area contributed by atoms with Crippen LogP contribution in [0.3, 0.4) is 0 Å². The van der Waals surface area contributed by atoms with Crippen molar-refractivity contribution in [3.8, 4) is 0 Å². The van der Waals surface area contributed by atoms with Crippen molar-refractivity contribution < 1.29 is 51.1 Å². The third kappa shape index (κ3) is 37.0. The fourth-order valence-corrected chi connectivity index (χ4v) is 1.63. The predicted molar refractivity (Wildman–Crippen MR) is 150 cm³/mol. The second kappa shape index (κ2) is 25.1. The second-order valence-corrected chi connectivity index (χ2v) is 10.1. The van der Waals surface area contributed by atoms with E-state index in [1.54, 1.807) is 20.8 Å². The summed E-state index contributed by atoms with van der Waals surface area (Å²) in [5.74, 6) is -1.80. The van der Waals surface area contributed by atoms with Crippen molar-refractivity contribution in [1.82, 2.24) is 0 Å². The molecule has 0 heterocycles. The number of rotatable bonds is 12. The number of ether oxygens (including phenoxy) is 4. The van der Waals surface area contributed by atoms with Gasteiger partial charge < -0.3 is 18.9 Å². The first-order valence-electron chi connectivity index (χ1n) is 11.9. The first-order valence-corrected chi connectivity index (χ1v) is 13.5. The van der Waals surface area contributed by atoms with Crippen molar-refractivity contribution in [2.75, 3.05) is 32.7 Å². The third-order valence-electron chi connectivity index (χ3n) is 3.43. The van der Waals surface area contributed by atoms with Crippen LogP contribution < -0.4 is 0 Å². The van der Waals surface area contributed by atoms with E-state index < -0.39 is 21.8 Å². The minimum atomic E-state index is -4.05. The topological polar surface area (TPSA) is 160 Å². The summed E-state index contributed by atoms with van der Waals surface area (Å²) < 4.78 is 46.8. The molecule has 1 N–H and O–H groups in total. The Balaban J connectivity index is -0.000000213. The molecule has 0 rings (SSSR count). The highest BCUT2D eigenvalue weighted by molar-refractivity contribution is 7.85. The van der Waals surface area contributed by atoms with E-state index in [9.17, 15) is 27.6 Å². The molecule has 0 aliphatic carbocycles. The van der Waals surface area contributed by atoms with Crippen LogP contribution in [0.15, 0.2) is 48.6 Å². The molecule has 0 aliphatic rings. The number of unbranched alkanes of at least 4 members (excludes halogenated alkanes) is 1. The fraction of sp³-hybridized carbons (Fsp3) is 0.556. The molecule has 12 heteroatoms. The van der Waals surface area contributed by atoms with Gasteiger partial charge in [0.1, 0.15) is 12.4 Å². The Morgan fingerprint density at radius 3 is 1.33 bits per heavy atom. The maximum Gasteiger partial charge on any atom is 0.333 e. The zero-order valence-corrected chi connectivity index (χ0v) is 25.4. The molecular formula is C27H46O11S. The molecule has 0 aliphatic heterocycles. The number of hydrogen-bond acceptors (Lipinski definition) is 10. The maximum atomic E-state index is 10.7. The summed E-state index contributed by atoms with van der Waals surface area (Å²) in [7, 11) is -2.72. The Bertz CT molecular complexity index is 929. The lowest BCUT2D eigenvalue weighted by Gasteiger charge is -2.05. The summed E-state index contributed by atoms with van der Waals surface area (Å²) in [6, 6.07) is 0. The van der Waals surface area contributed by atoms with Crippen LogP contribution in [0.25, 0.3) is 0 Å². The number of hydrogen-bond donors (Lipinski definition) is 1. The van der Waals surface area contributed by atoms with Gasteiger partial charge in [0.05, 0.1) is 20.3 Å². The van der Waals surface area contributed by atoms with Crippen molar-refractivity contribution in [2.24, 2.45) is 5.92 Å². The number of methoxy groups -OCH3 is 1.